The van der Waals surface area contributed by atoms with E-state index in [0.29, 0.717) is 0 Å². The zero-order valence-corrected chi connectivity index (χ0v) is 27.3. The van der Waals surface area contributed by atoms with E-state index in [2.05, 4.69) is 181 Å². The molecular weight excluding hydrogens is 615 g/mol. The van der Waals surface area contributed by atoms with Gasteiger partial charge >= 0.3 is 0 Å². The summed E-state index contributed by atoms with van der Waals surface area (Å²) in [7, 11) is 0. The van der Waals surface area contributed by atoms with Crippen LogP contribution in [0, 0.1) is 0 Å². The first-order valence-corrected chi connectivity index (χ1v) is 17.4. The van der Waals surface area contributed by atoms with Crippen LogP contribution in [0.3, 0.4) is 0 Å². The number of hydrogen-bond donors (Lipinski definition) is 0. The van der Waals surface area contributed by atoms with E-state index in [4.69, 9.17) is 4.42 Å². The molecule has 0 saturated heterocycles. The van der Waals surface area contributed by atoms with Crippen LogP contribution in [0.2, 0.25) is 0 Å². The van der Waals surface area contributed by atoms with Crippen LogP contribution >= 0.6 is 11.3 Å². The third-order valence-electron chi connectivity index (χ3n) is 9.67. The third kappa shape index (κ3) is 4.55. The summed E-state index contributed by atoms with van der Waals surface area (Å²) in [5.74, 6) is 0. The summed E-state index contributed by atoms with van der Waals surface area (Å²) in [6.07, 6.45) is 0. The Bertz CT molecular complexity index is 2810. The van der Waals surface area contributed by atoms with Gasteiger partial charge < -0.3 is 9.32 Å². The molecule has 2 aromatic heterocycles. The lowest BCUT2D eigenvalue weighted by molar-refractivity contribution is 0.669. The van der Waals surface area contributed by atoms with Crippen LogP contribution in [0.25, 0.3) is 75.1 Å². The zero-order chi connectivity index (χ0) is 32.3. The number of furan rings is 1. The van der Waals surface area contributed by atoms with E-state index in [-0.39, 0.29) is 0 Å². The van der Waals surface area contributed by atoms with E-state index in [1.54, 1.807) is 0 Å². The number of anilines is 3. The molecule has 0 N–H and O–H groups in total. The van der Waals surface area contributed by atoms with Gasteiger partial charge in [-0.1, -0.05) is 121 Å². The maximum Gasteiger partial charge on any atom is 0.137 e. The van der Waals surface area contributed by atoms with Gasteiger partial charge in [0.25, 0.3) is 0 Å². The number of thiophene rings is 1. The second-order valence-electron chi connectivity index (χ2n) is 12.5. The molecule has 0 atom stereocenters. The van der Waals surface area contributed by atoms with Crippen LogP contribution in [0.5, 0.6) is 0 Å². The molecule has 3 heteroatoms. The second-order valence-corrected chi connectivity index (χ2v) is 13.6. The molecule has 0 fully saturated rings. The summed E-state index contributed by atoms with van der Waals surface area (Å²) in [6, 6.07) is 63.1. The zero-order valence-electron chi connectivity index (χ0n) is 26.5. The smallest absolute Gasteiger partial charge is 0.137 e. The normalized spacial score (nSPS) is 11.7. The van der Waals surface area contributed by atoms with E-state index in [0.717, 1.165) is 39.0 Å². The maximum absolute atomic E-state index is 6.66. The first-order chi connectivity index (χ1) is 24.3. The van der Waals surface area contributed by atoms with Crippen molar-refractivity contribution in [3.8, 4) is 22.3 Å². The maximum atomic E-state index is 6.66. The second kappa shape index (κ2) is 11.2. The van der Waals surface area contributed by atoms with Gasteiger partial charge in [-0.05, 0) is 81.6 Å². The molecule has 0 saturated carbocycles. The Morgan fingerprint density at radius 3 is 1.88 bits per heavy atom. The molecular formula is C46H29NOS. The van der Waals surface area contributed by atoms with Crippen LogP contribution in [-0.2, 0) is 0 Å². The highest BCUT2D eigenvalue weighted by atomic mass is 32.1. The summed E-state index contributed by atoms with van der Waals surface area (Å²) in [5, 5.41) is 7.24. The molecule has 10 rings (SSSR count). The van der Waals surface area contributed by atoms with Crippen LogP contribution in [0.1, 0.15) is 0 Å². The van der Waals surface area contributed by atoms with E-state index >= 15 is 0 Å². The van der Waals surface area contributed by atoms with Crippen LogP contribution in [-0.4, -0.2) is 0 Å². The number of nitrogens with zero attached hydrogens (tertiary/aromatic N) is 1. The van der Waals surface area contributed by atoms with Gasteiger partial charge in [0, 0.05) is 48.4 Å². The van der Waals surface area contributed by atoms with Crippen molar-refractivity contribution in [1.29, 1.82) is 0 Å². The van der Waals surface area contributed by atoms with Crippen molar-refractivity contribution < 1.29 is 4.42 Å². The van der Waals surface area contributed by atoms with Gasteiger partial charge in [0.05, 0.1) is 5.69 Å². The molecule has 230 valence electrons. The summed E-state index contributed by atoms with van der Waals surface area (Å²) in [5.41, 5.74) is 9.91. The van der Waals surface area contributed by atoms with Crippen LogP contribution < -0.4 is 4.90 Å². The van der Waals surface area contributed by atoms with Gasteiger partial charge in [-0.2, -0.15) is 0 Å². The lowest BCUT2D eigenvalue weighted by Crippen LogP contribution is -2.10. The van der Waals surface area contributed by atoms with Crippen molar-refractivity contribution in [2.75, 3.05) is 4.90 Å². The van der Waals surface area contributed by atoms with Gasteiger partial charge in [-0.15, -0.1) is 11.3 Å². The SMILES string of the molecule is c1ccc(-c2ccc(N(c3ccc4c(c3)oc3ccc5c(-c6ccccc6)cccc5c34)c3cccc4sc5ccccc5c34)cc2)cc1. The minimum absolute atomic E-state index is 0.873. The predicted octanol–water partition coefficient (Wildman–Crippen LogP) is 13.9. The monoisotopic (exact) mass is 643 g/mol. The lowest BCUT2D eigenvalue weighted by Gasteiger charge is -2.26. The first-order valence-electron chi connectivity index (χ1n) is 16.6. The Balaban J connectivity index is 1.18. The van der Waals surface area contributed by atoms with Crippen molar-refractivity contribution in [3.05, 3.63) is 176 Å². The fraction of sp³-hybridized carbons (Fsp3) is 0. The Labute approximate surface area is 287 Å². The standard InChI is InChI=1S/C46H29NOS/c1-3-11-30(12-4-1)31-21-23-33(24-22-31)47(40-18-10-20-44-46(40)39-15-7-8-19-43(39)49-44)34-25-26-38-42(29-34)48-41-28-27-36-35(32-13-5-2-6-14-32)16-9-17-37(36)45(38)41/h1-29H. The molecule has 0 aliphatic heterocycles. The highest BCUT2D eigenvalue weighted by molar-refractivity contribution is 7.26. The summed E-state index contributed by atoms with van der Waals surface area (Å²) < 4.78 is 9.23. The van der Waals surface area contributed by atoms with E-state index in [1.165, 1.54) is 53.2 Å². The lowest BCUT2D eigenvalue weighted by atomic mass is 9.95. The average Bonchev–Trinajstić information content (AvgIpc) is 3.74. The molecule has 0 unspecified atom stereocenters. The Morgan fingerprint density at radius 2 is 1.04 bits per heavy atom. The molecule has 10 aromatic rings. The van der Waals surface area contributed by atoms with Gasteiger partial charge in [-0.3, -0.25) is 0 Å². The Hall–Kier alpha value is -6.16. The molecule has 2 nitrogen and oxygen atoms in total. The van der Waals surface area contributed by atoms with E-state index in [9.17, 15) is 0 Å². The molecule has 0 bridgehead atoms. The van der Waals surface area contributed by atoms with E-state index < -0.39 is 0 Å². The number of fused-ring (bicyclic) bond motifs is 8. The molecule has 0 aliphatic rings. The predicted molar refractivity (Wildman–Crippen MR) is 210 cm³/mol. The third-order valence-corrected chi connectivity index (χ3v) is 10.8. The largest absolute Gasteiger partial charge is 0.456 e. The van der Waals surface area contributed by atoms with Gasteiger partial charge in [0.1, 0.15) is 11.2 Å². The number of benzene rings is 8. The first kappa shape index (κ1) is 27.9. The van der Waals surface area contributed by atoms with Crippen LogP contribution in [0.15, 0.2) is 180 Å². The van der Waals surface area contributed by atoms with Gasteiger partial charge in [0.15, 0.2) is 0 Å². The topological polar surface area (TPSA) is 16.4 Å². The van der Waals surface area contributed by atoms with Crippen molar-refractivity contribution in [3.63, 3.8) is 0 Å². The summed E-state index contributed by atoms with van der Waals surface area (Å²) in [4.78, 5) is 2.38. The van der Waals surface area contributed by atoms with E-state index in [1.807, 2.05) is 11.3 Å². The van der Waals surface area contributed by atoms with Crippen molar-refractivity contribution in [2.45, 2.75) is 0 Å². The molecule has 49 heavy (non-hydrogen) atoms. The van der Waals surface area contributed by atoms with Crippen molar-refractivity contribution in [2.24, 2.45) is 0 Å². The molecule has 0 amide bonds. The average molecular weight is 644 g/mol. The fourth-order valence-corrected chi connectivity index (χ4v) is 8.56. The highest BCUT2D eigenvalue weighted by Crippen LogP contribution is 2.46. The van der Waals surface area contributed by atoms with Crippen LogP contribution in [0.4, 0.5) is 17.1 Å². The fourth-order valence-electron chi connectivity index (χ4n) is 7.43. The minimum atomic E-state index is 0.873. The molecule has 8 aromatic carbocycles. The van der Waals surface area contributed by atoms with Crippen molar-refractivity contribution in [1.82, 2.24) is 0 Å². The number of rotatable bonds is 5. The summed E-state index contributed by atoms with van der Waals surface area (Å²) in [6.45, 7) is 0. The Morgan fingerprint density at radius 1 is 0.388 bits per heavy atom. The highest BCUT2D eigenvalue weighted by Gasteiger charge is 2.21. The molecule has 0 aliphatic carbocycles. The molecule has 0 radical (unpaired) electrons. The Kier molecular flexibility index (Phi) is 6.39. The summed E-state index contributed by atoms with van der Waals surface area (Å²) >= 11 is 1.84. The van der Waals surface area contributed by atoms with Gasteiger partial charge in [0.2, 0.25) is 0 Å². The quantitative estimate of drug-likeness (QED) is 0.186. The number of hydrogen-bond acceptors (Lipinski definition) is 3. The molecule has 0 spiro atoms. The van der Waals surface area contributed by atoms with Gasteiger partial charge in [-0.25, -0.2) is 0 Å². The van der Waals surface area contributed by atoms with Crippen molar-refractivity contribution >= 4 is 81.3 Å². The molecule has 2 heterocycles. The minimum Gasteiger partial charge on any atom is -0.456 e.